The van der Waals surface area contributed by atoms with Gasteiger partial charge in [-0.2, -0.15) is 0 Å². The number of fused-ring (bicyclic) bond motifs is 1. The smallest absolute Gasteiger partial charge is 0.257 e. The van der Waals surface area contributed by atoms with Crippen LogP contribution in [0.5, 0.6) is 0 Å². The van der Waals surface area contributed by atoms with Gasteiger partial charge in [0.25, 0.3) is 5.91 Å². The number of benzene rings is 1. The van der Waals surface area contributed by atoms with E-state index in [0.717, 1.165) is 25.2 Å². The average molecular weight is 376 g/mol. The lowest BCUT2D eigenvalue weighted by Crippen LogP contribution is -2.35. The first kappa shape index (κ1) is 18.4. The molecule has 0 radical (unpaired) electrons. The Morgan fingerprint density at radius 3 is 2.60 bits per heavy atom. The third-order valence-electron chi connectivity index (χ3n) is 4.20. The van der Waals surface area contributed by atoms with Gasteiger partial charge in [-0.1, -0.05) is 13.8 Å². The van der Waals surface area contributed by atoms with E-state index < -0.39 is 0 Å². The van der Waals surface area contributed by atoms with Crippen molar-refractivity contribution in [2.24, 2.45) is 0 Å². The number of hydrogen-bond acceptors (Lipinski definition) is 5. The van der Waals surface area contributed by atoms with Gasteiger partial charge in [-0.15, -0.1) is 23.1 Å². The van der Waals surface area contributed by atoms with Crippen LogP contribution >= 0.6 is 23.1 Å². The molecule has 4 nitrogen and oxygen atoms in total. The lowest BCUT2D eigenvalue weighted by atomic mass is 10.1. The molecule has 0 unspecified atom stereocenters. The highest BCUT2D eigenvalue weighted by molar-refractivity contribution is 7.99. The van der Waals surface area contributed by atoms with Crippen molar-refractivity contribution < 1.29 is 4.79 Å². The molecule has 2 aromatic rings. The fourth-order valence-corrected chi connectivity index (χ4v) is 4.70. The van der Waals surface area contributed by atoms with E-state index in [2.05, 4.69) is 42.9 Å². The summed E-state index contributed by atoms with van der Waals surface area (Å²) < 4.78 is 0. The number of hydrogen-bond donors (Lipinski definition) is 1. The van der Waals surface area contributed by atoms with E-state index in [9.17, 15) is 4.79 Å². The number of rotatable bonds is 5. The summed E-state index contributed by atoms with van der Waals surface area (Å²) in [4.78, 5) is 22.0. The van der Waals surface area contributed by atoms with Crippen LogP contribution in [0, 0.1) is 0 Å². The Morgan fingerprint density at radius 2 is 1.96 bits per heavy atom. The molecule has 25 heavy (non-hydrogen) atoms. The summed E-state index contributed by atoms with van der Waals surface area (Å²) >= 11 is 3.40. The molecule has 2 heterocycles. The number of thioether (sulfide) groups is 1. The second-order valence-electron chi connectivity index (χ2n) is 6.85. The summed E-state index contributed by atoms with van der Waals surface area (Å²) in [5, 5.41) is 4.21. The number of nitrogens with one attached hydrogen (secondary N) is 1. The minimum absolute atomic E-state index is 0.0899. The van der Waals surface area contributed by atoms with Crippen molar-refractivity contribution in [3.05, 3.63) is 40.4 Å². The first-order chi connectivity index (χ1) is 11.9. The minimum Gasteiger partial charge on any atom is -0.298 e. The average Bonchev–Trinajstić information content (AvgIpc) is 2.96. The minimum atomic E-state index is -0.0899. The van der Waals surface area contributed by atoms with Crippen LogP contribution in [-0.2, 0) is 13.0 Å². The molecular formula is C19H25N3OS2. The number of nitrogens with zero attached hydrogens (tertiary/aromatic N) is 2. The number of aromatic nitrogens is 1. The first-order valence-corrected chi connectivity index (χ1v) is 10.4. The van der Waals surface area contributed by atoms with Gasteiger partial charge in [-0.25, -0.2) is 4.98 Å². The Kier molecular flexibility index (Phi) is 5.81. The summed E-state index contributed by atoms with van der Waals surface area (Å²) in [5.74, 6) is -0.0899. The van der Waals surface area contributed by atoms with E-state index in [0.29, 0.717) is 22.0 Å². The van der Waals surface area contributed by atoms with Crippen molar-refractivity contribution in [1.29, 1.82) is 0 Å². The predicted molar refractivity (Wildman–Crippen MR) is 107 cm³/mol. The van der Waals surface area contributed by atoms with Gasteiger partial charge < -0.3 is 0 Å². The Morgan fingerprint density at radius 1 is 1.24 bits per heavy atom. The molecule has 0 atom stereocenters. The van der Waals surface area contributed by atoms with Gasteiger partial charge in [0.2, 0.25) is 0 Å². The Balaban J connectivity index is 1.66. The molecule has 0 saturated heterocycles. The summed E-state index contributed by atoms with van der Waals surface area (Å²) in [6, 6.07) is 8.32. The van der Waals surface area contributed by atoms with Gasteiger partial charge >= 0.3 is 0 Å². The second kappa shape index (κ2) is 7.89. The SMILES string of the molecule is CC(C)Sc1ccc(C(=O)Nc2nc3c(s2)CN(C(C)C)CC3)cc1. The zero-order valence-electron chi connectivity index (χ0n) is 15.2. The number of anilines is 1. The summed E-state index contributed by atoms with van der Waals surface area (Å²) in [6.07, 6.45) is 0.959. The van der Waals surface area contributed by atoms with E-state index in [-0.39, 0.29) is 5.91 Å². The Bertz CT molecular complexity index is 738. The van der Waals surface area contributed by atoms with E-state index in [1.54, 1.807) is 23.1 Å². The molecule has 0 aliphatic carbocycles. The standard InChI is InChI=1S/C19H25N3OS2/c1-12(2)22-10-9-16-17(11-22)25-19(20-16)21-18(23)14-5-7-15(8-6-14)24-13(3)4/h5-8,12-13H,9-11H2,1-4H3,(H,20,21,23). The van der Waals surface area contributed by atoms with Gasteiger partial charge in [-0.3, -0.25) is 15.0 Å². The normalized spacial score (nSPS) is 14.8. The van der Waals surface area contributed by atoms with Crippen LogP contribution < -0.4 is 5.32 Å². The van der Waals surface area contributed by atoms with Gasteiger partial charge in [0, 0.05) is 46.1 Å². The molecule has 1 aromatic carbocycles. The van der Waals surface area contributed by atoms with Crippen LogP contribution in [0.25, 0.3) is 0 Å². The lowest BCUT2D eigenvalue weighted by molar-refractivity contribution is 0.102. The molecule has 0 spiro atoms. The second-order valence-corrected chi connectivity index (χ2v) is 9.58. The summed E-state index contributed by atoms with van der Waals surface area (Å²) in [7, 11) is 0. The fraction of sp³-hybridized carbons (Fsp3) is 0.474. The van der Waals surface area contributed by atoms with Gasteiger partial charge in [0.05, 0.1) is 5.69 Å². The van der Waals surface area contributed by atoms with Crippen LogP contribution in [0.1, 0.15) is 48.6 Å². The zero-order chi connectivity index (χ0) is 18.0. The Hall–Kier alpha value is -1.37. The molecule has 1 N–H and O–H groups in total. The van der Waals surface area contributed by atoms with Crippen LogP contribution in [0.2, 0.25) is 0 Å². The van der Waals surface area contributed by atoms with Crippen LogP contribution in [0.4, 0.5) is 5.13 Å². The number of carbonyl (C=O) groups excluding carboxylic acids is 1. The highest BCUT2D eigenvalue weighted by Crippen LogP contribution is 2.29. The van der Waals surface area contributed by atoms with Crippen molar-refractivity contribution in [2.75, 3.05) is 11.9 Å². The van der Waals surface area contributed by atoms with Crippen LogP contribution in [0.3, 0.4) is 0 Å². The van der Waals surface area contributed by atoms with Crippen molar-refractivity contribution >= 4 is 34.1 Å². The highest BCUT2D eigenvalue weighted by Gasteiger charge is 2.22. The number of thiazole rings is 1. The van der Waals surface area contributed by atoms with E-state index in [1.807, 2.05) is 24.3 Å². The molecule has 134 valence electrons. The van der Waals surface area contributed by atoms with Crippen molar-refractivity contribution in [2.45, 2.75) is 56.8 Å². The molecule has 3 rings (SSSR count). The molecule has 0 bridgehead atoms. The highest BCUT2D eigenvalue weighted by atomic mass is 32.2. The van der Waals surface area contributed by atoms with Gasteiger partial charge in [0.1, 0.15) is 0 Å². The molecule has 1 amide bonds. The molecule has 6 heteroatoms. The lowest BCUT2D eigenvalue weighted by Gasteiger charge is -2.29. The largest absolute Gasteiger partial charge is 0.298 e. The first-order valence-electron chi connectivity index (χ1n) is 8.73. The molecule has 1 aliphatic rings. The Labute approximate surface area is 158 Å². The predicted octanol–water partition coefficient (Wildman–Crippen LogP) is 4.66. The fourth-order valence-electron chi connectivity index (χ4n) is 2.84. The summed E-state index contributed by atoms with van der Waals surface area (Å²) in [5.41, 5.74) is 1.81. The van der Waals surface area contributed by atoms with Crippen LogP contribution in [0.15, 0.2) is 29.2 Å². The number of amides is 1. The van der Waals surface area contributed by atoms with E-state index >= 15 is 0 Å². The van der Waals surface area contributed by atoms with Crippen molar-refractivity contribution in [1.82, 2.24) is 9.88 Å². The van der Waals surface area contributed by atoms with Gasteiger partial charge in [0.15, 0.2) is 5.13 Å². The van der Waals surface area contributed by atoms with Gasteiger partial charge in [-0.05, 0) is 38.1 Å². The van der Waals surface area contributed by atoms with Crippen LogP contribution in [-0.4, -0.2) is 33.6 Å². The third kappa shape index (κ3) is 4.63. The molecule has 1 aliphatic heterocycles. The maximum Gasteiger partial charge on any atom is 0.257 e. The number of carbonyl (C=O) groups is 1. The van der Waals surface area contributed by atoms with E-state index in [4.69, 9.17) is 0 Å². The third-order valence-corrected chi connectivity index (χ3v) is 6.21. The summed E-state index contributed by atoms with van der Waals surface area (Å²) in [6.45, 7) is 10.7. The van der Waals surface area contributed by atoms with E-state index in [1.165, 1.54) is 9.77 Å². The zero-order valence-corrected chi connectivity index (χ0v) is 16.8. The monoisotopic (exact) mass is 375 g/mol. The van der Waals surface area contributed by atoms with Crippen molar-refractivity contribution in [3.63, 3.8) is 0 Å². The molecule has 1 aromatic heterocycles. The quantitative estimate of drug-likeness (QED) is 0.772. The van der Waals surface area contributed by atoms with Crippen molar-refractivity contribution in [3.8, 4) is 0 Å². The maximum atomic E-state index is 12.5. The topological polar surface area (TPSA) is 45.2 Å². The maximum absolute atomic E-state index is 12.5. The molecular weight excluding hydrogens is 350 g/mol. The molecule has 0 saturated carbocycles. The molecule has 0 fully saturated rings.